The number of rotatable bonds is 6. The van der Waals surface area contributed by atoms with E-state index in [-0.39, 0.29) is 36.4 Å². The van der Waals surface area contributed by atoms with E-state index in [0.717, 1.165) is 54.1 Å². The SMILES string of the molecule is CC(C)(C)OC(=O)N[C@H](C(=O)N1C=C[C@@H]2[C@H]1[C@H](c1c[nH]c3ccccc13)CN2C(=O)OCc1ccccc1)C1CCCCC1. The molecule has 1 aliphatic carbocycles. The number of H-pyrrole nitrogens is 1. The van der Waals surface area contributed by atoms with Gasteiger partial charge in [-0.2, -0.15) is 0 Å². The highest BCUT2D eigenvalue weighted by Gasteiger charge is 2.52. The van der Waals surface area contributed by atoms with Gasteiger partial charge in [0.25, 0.3) is 0 Å². The van der Waals surface area contributed by atoms with Gasteiger partial charge in [0.05, 0.1) is 12.1 Å². The van der Waals surface area contributed by atoms with Gasteiger partial charge in [0.2, 0.25) is 5.91 Å². The Kier molecular flexibility index (Phi) is 8.38. The second-order valence-corrected chi connectivity index (χ2v) is 13.2. The van der Waals surface area contributed by atoms with Gasteiger partial charge in [-0.3, -0.25) is 9.69 Å². The maximum absolute atomic E-state index is 14.5. The van der Waals surface area contributed by atoms with E-state index in [4.69, 9.17) is 9.47 Å². The highest BCUT2D eigenvalue weighted by molar-refractivity contribution is 5.89. The third kappa shape index (κ3) is 6.18. The van der Waals surface area contributed by atoms with Crippen molar-refractivity contribution in [1.82, 2.24) is 20.1 Å². The fraction of sp³-hybridized carbons (Fsp3) is 0.457. The van der Waals surface area contributed by atoms with Gasteiger partial charge in [0, 0.05) is 35.8 Å². The van der Waals surface area contributed by atoms with E-state index in [2.05, 4.69) is 16.4 Å². The number of aromatic amines is 1. The molecule has 2 aliphatic heterocycles. The number of aromatic nitrogens is 1. The van der Waals surface area contributed by atoms with Crippen LogP contribution in [-0.4, -0.2) is 63.1 Å². The molecule has 1 aromatic heterocycles. The van der Waals surface area contributed by atoms with Crippen LogP contribution in [0.3, 0.4) is 0 Å². The Bertz CT molecular complexity index is 1520. The van der Waals surface area contributed by atoms with Crippen LogP contribution >= 0.6 is 0 Å². The molecule has 9 nitrogen and oxygen atoms in total. The molecular weight excluding hydrogens is 556 g/mol. The van der Waals surface area contributed by atoms with E-state index < -0.39 is 23.8 Å². The first-order valence-corrected chi connectivity index (χ1v) is 15.7. The van der Waals surface area contributed by atoms with Crippen LogP contribution < -0.4 is 5.32 Å². The molecule has 1 saturated carbocycles. The Hall–Kier alpha value is -4.27. The molecule has 0 radical (unpaired) electrons. The zero-order valence-corrected chi connectivity index (χ0v) is 25.7. The van der Waals surface area contributed by atoms with Crippen molar-refractivity contribution in [3.63, 3.8) is 0 Å². The van der Waals surface area contributed by atoms with Crippen molar-refractivity contribution in [3.05, 3.63) is 84.2 Å². The summed E-state index contributed by atoms with van der Waals surface area (Å²) in [5, 5.41) is 4.01. The topological polar surface area (TPSA) is 104 Å². The largest absolute Gasteiger partial charge is 0.445 e. The van der Waals surface area contributed by atoms with Crippen molar-refractivity contribution in [1.29, 1.82) is 0 Å². The molecular formula is C35H42N4O5. The van der Waals surface area contributed by atoms with E-state index in [1.165, 1.54) is 0 Å². The molecule has 3 heterocycles. The number of benzene rings is 2. The molecule has 0 spiro atoms. The molecule has 2 N–H and O–H groups in total. The standard InChI is InChI=1S/C35H42N4O5/c1-35(2,3)44-33(41)37-30(24-14-8-5-9-15-24)32(40)38-19-18-29-31(38)27(26-20-36-28-17-11-10-16-25(26)28)21-39(29)34(42)43-22-23-12-6-4-7-13-23/h4,6-7,10-13,16-20,24,27,29-31,36H,5,8-9,14-15,21-22H2,1-3H3,(H,37,41)/t27-,29+,30-,31+/m0/s1. The minimum Gasteiger partial charge on any atom is -0.445 e. The van der Waals surface area contributed by atoms with Crippen LogP contribution in [0, 0.1) is 5.92 Å². The number of amides is 3. The third-order valence-corrected chi connectivity index (χ3v) is 9.05. The molecule has 3 aliphatic rings. The monoisotopic (exact) mass is 598 g/mol. The molecule has 2 aromatic carbocycles. The van der Waals surface area contributed by atoms with Crippen LogP contribution in [-0.2, 0) is 20.9 Å². The number of ether oxygens (including phenoxy) is 2. The molecule has 0 unspecified atom stereocenters. The van der Waals surface area contributed by atoms with E-state index in [1.807, 2.05) is 81.6 Å². The fourth-order valence-electron chi connectivity index (χ4n) is 7.07. The van der Waals surface area contributed by atoms with E-state index in [1.54, 1.807) is 16.0 Å². The molecule has 1 saturated heterocycles. The van der Waals surface area contributed by atoms with Gasteiger partial charge in [0.1, 0.15) is 18.2 Å². The molecule has 3 aromatic rings. The first-order chi connectivity index (χ1) is 21.2. The maximum Gasteiger partial charge on any atom is 0.410 e. The molecule has 6 rings (SSSR count). The lowest BCUT2D eigenvalue weighted by atomic mass is 9.83. The number of nitrogens with one attached hydrogen (secondary N) is 2. The maximum atomic E-state index is 14.5. The van der Waals surface area contributed by atoms with Gasteiger partial charge in [-0.15, -0.1) is 0 Å². The highest BCUT2D eigenvalue weighted by Crippen LogP contribution is 2.43. The average Bonchev–Trinajstić information content (AvgIpc) is 3.73. The molecule has 9 heteroatoms. The third-order valence-electron chi connectivity index (χ3n) is 9.05. The van der Waals surface area contributed by atoms with Gasteiger partial charge in [-0.05, 0) is 62.8 Å². The second kappa shape index (κ2) is 12.4. The lowest BCUT2D eigenvalue weighted by molar-refractivity contribution is -0.134. The van der Waals surface area contributed by atoms with E-state index in [0.29, 0.717) is 6.54 Å². The summed E-state index contributed by atoms with van der Waals surface area (Å²) in [6.45, 7) is 6.00. The highest BCUT2D eigenvalue weighted by atomic mass is 16.6. The zero-order valence-electron chi connectivity index (χ0n) is 25.7. The summed E-state index contributed by atoms with van der Waals surface area (Å²) >= 11 is 0. The Balaban J connectivity index is 1.30. The van der Waals surface area contributed by atoms with Gasteiger partial charge >= 0.3 is 12.2 Å². The summed E-state index contributed by atoms with van der Waals surface area (Å²) in [4.78, 5) is 47.9. The summed E-state index contributed by atoms with van der Waals surface area (Å²) in [5.41, 5.74) is 2.27. The first kappa shape index (κ1) is 29.8. The van der Waals surface area contributed by atoms with Crippen LogP contribution in [0.25, 0.3) is 10.9 Å². The van der Waals surface area contributed by atoms with Gasteiger partial charge in [-0.25, -0.2) is 9.59 Å². The van der Waals surface area contributed by atoms with Crippen LogP contribution in [0.15, 0.2) is 73.1 Å². The summed E-state index contributed by atoms with van der Waals surface area (Å²) in [6.07, 6.45) is 9.59. The van der Waals surface area contributed by atoms with Crippen molar-refractivity contribution < 1.29 is 23.9 Å². The summed E-state index contributed by atoms with van der Waals surface area (Å²) in [6, 6.07) is 16.2. The van der Waals surface area contributed by atoms with Crippen molar-refractivity contribution in [2.24, 2.45) is 5.92 Å². The molecule has 44 heavy (non-hydrogen) atoms. The number of hydrogen-bond acceptors (Lipinski definition) is 5. The predicted octanol–water partition coefficient (Wildman–Crippen LogP) is 6.47. The Morgan fingerprint density at radius 1 is 1.00 bits per heavy atom. The number of carbonyl (C=O) groups excluding carboxylic acids is 3. The van der Waals surface area contributed by atoms with Gasteiger partial charge in [-0.1, -0.05) is 67.8 Å². The number of para-hydroxylation sites is 1. The lowest BCUT2D eigenvalue weighted by Gasteiger charge is -2.36. The molecule has 2 fully saturated rings. The van der Waals surface area contributed by atoms with Crippen molar-refractivity contribution in [2.45, 2.75) is 89.1 Å². The minimum absolute atomic E-state index is 0.0103. The van der Waals surface area contributed by atoms with E-state index in [9.17, 15) is 14.4 Å². The molecule has 3 amide bonds. The first-order valence-electron chi connectivity index (χ1n) is 15.7. The number of likely N-dealkylation sites (tertiary alicyclic amines) is 1. The number of hydrogen-bond donors (Lipinski definition) is 2. The lowest BCUT2D eigenvalue weighted by Crippen LogP contribution is -2.55. The predicted molar refractivity (Wildman–Crippen MR) is 168 cm³/mol. The van der Waals surface area contributed by atoms with Gasteiger partial charge < -0.3 is 24.7 Å². The zero-order chi connectivity index (χ0) is 30.8. The van der Waals surface area contributed by atoms with Crippen molar-refractivity contribution >= 4 is 29.0 Å². The summed E-state index contributed by atoms with van der Waals surface area (Å²) in [5.74, 6) is -0.333. The fourth-order valence-corrected chi connectivity index (χ4v) is 7.07. The minimum atomic E-state index is -0.726. The summed E-state index contributed by atoms with van der Waals surface area (Å²) < 4.78 is 11.4. The van der Waals surface area contributed by atoms with Crippen LogP contribution in [0.1, 0.15) is 69.9 Å². The number of nitrogens with zero attached hydrogens (tertiary/aromatic N) is 2. The molecule has 0 bridgehead atoms. The van der Waals surface area contributed by atoms with Crippen molar-refractivity contribution in [2.75, 3.05) is 6.54 Å². The number of fused-ring (bicyclic) bond motifs is 2. The number of carbonyl (C=O) groups is 3. The van der Waals surface area contributed by atoms with E-state index >= 15 is 0 Å². The quantitative estimate of drug-likeness (QED) is 0.339. The Morgan fingerprint density at radius 3 is 2.48 bits per heavy atom. The number of alkyl carbamates (subject to hydrolysis) is 1. The van der Waals surface area contributed by atoms with Gasteiger partial charge in [0.15, 0.2) is 0 Å². The van der Waals surface area contributed by atoms with Crippen molar-refractivity contribution in [3.8, 4) is 0 Å². The average molecular weight is 599 g/mol. The van der Waals surface area contributed by atoms with Crippen LogP contribution in [0.5, 0.6) is 0 Å². The smallest absolute Gasteiger partial charge is 0.410 e. The Labute approximate surface area is 258 Å². The Morgan fingerprint density at radius 2 is 1.73 bits per heavy atom. The van der Waals surface area contributed by atoms with Crippen LogP contribution in [0.2, 0.25) is 0 Å². The normalized spacial score (nSPS) is 22.6. The molecule has 232 valence electrons. The summed E-state index contributed by atoms with van der Waals surface area (Å²) in [7, 11) is 0. The second-order valence-electron chi connectivity index (χ2n) is 13.2. The van der Waals surface area contributed by atoms with Crippen LogP contribution in [0.4, 0.5) is 9.59 Å². The molecule has 4 atom stereocenters.